The molecule has 17 heavy (non-hydrogen) atoms. The molecule has 0 aromatic carbocycles. The second kappa shape index (κ2) is 5.49. The molecule has 1 fully saturated rings. The zero-order chi connectivity index (χ0) is 12.3. The largest absolute Gasteiger partial charge is 0.406 e. The molecule has 0 bridgehead atoms. The van der Waals surface area contributed by atoms with Crippen LogP contribution in [0.1, 0.15) is 51.5 Å². The highest BCUT2D eigenvalue weighted by Crippen LogP contribution is 2.26. The molecule has 0 spiro atoms. The van der Waals surface area contributed by atoms with Crippen molar-refractivity contribution in [3.05, 3.63) is 5.89 Å². The Morgan fingerprint density at radius 1 is 1.24 bits per heavy atom. The predicted molar refractivity (Wildman–Crippen MR) is 66.8 cm³/mol. The normalized spacial score (nSPS) is 26.8. The molecule has 0 aliphatic heterocycles. The van der Waals surface area contributed by atoms with E-state index in [0.717, 1.165) is 5.92 Å². The SMILES string of the molecule is CNC(C)c1nnc(NC2CCC(C)CC2)o1. The molecule has 96 valence electrons. The van der Waals surface area contributed by atoms with Crippen molar-refractivity contribution in [1.82, 2.24) is 15.5 Å². The van der Waals surface area contributed by atoms with Crippen molar-refractivity contribution in [3.63, 3.8) is 0 Å². The van der Waals surface area contributed by atoms with E-state index < -0.39 is 0 Å². The maximum absolute atomic E-state index is 5.57. The van der Waals surface area contributed by atoms with E-state index in [1.807, 2.05) is 14.0 Å². The third-order valence-electron chi connectivity index (χ3n) is 3.59. The van der Waals surface area contributed by atoms with Crippen LogP contribution in [-0.4, -0.2) is 23.3 Å². The molecule has 0 amide bonds. The van der Waals surface area contributed by atoms with Gasteiger partial charge in [-0.25, -0.2) is 0 Å². The molecule has 1 atom stereocenters. The maximum Gasteiger partial charge on any atom is 0.315 e. The van der Waals surface area contributed by atoms with E-state index in [4.69, 9.17) is 4.42 Å². The summed E-state index contributed by atoms with van der Waals surface area (Å²) >= 11 is 0. The van der Waals surface area contributed by atoms with Crippen molar-refractivity contribution in [3.8, 4) is 0 Å². The van der Waals surface area contributed by atoms with E-state index >= 15 is 0 Å². The molecule has 1 aliphatic rings. The Morgan fingerprint density at radius 2 is 1.94 bits per heavy atom. The summed E-state index contributed by atoms with van der Waals surface area (Å²) in [5.74, 6) is 1.50. The van der Waals surface area contributed by atoms with Crippen LogP contribution in [0.4, 0.5) is 6.01 Å². The summed E-state index contributed by atoms with van der Waals surface area (Å²) in [5, 5.41) is 14.5. The number of hydrogen-bond donors (Lipinski definition) is 2. The van der Waals surface area contributed by atoms with Gasteiger partial charge in [0, 0.05) is 6.04 Å². The Bertz CT molecular complexity index is 344. The predicted octanol–water partition coefficient (Wildman–Crippen LogP) is 2.34. The summed E-state index contributed by atoms with van der Waals surface area (Å²) in [7, 11) is 1.88. The average molecular weight is 238 g/mol. The average Bonchev–Trinajstić information content (AvgIpc) is 2.80. The van der Waals surface area contributed by atoms with E-state index in [1.54, 1.807) is 0 Å². The summed E-state index contributed by atoms with van der Waals surface area (Å²) in [6.07, 6.45) is 4.96. The van der Waals surface area contributed by atoms with Gasteiger partial charge in [0.2, 0.25) is 5.89 Å². The minimum Gasteiger partial charge on any atom is -0.406 e. The molecule has 0 radical (unpaired) electrons. The molecular weight excluding hydrogens is 216 g/mol. The van der Waals surface area contributed by atoms with Gasteiger partial charge in [0.25, 0.3) is 0 Å². The molecule has 1 aromatic rings. The Balaban J connectivity index is 1.88. The van der Waals surface area contributed by atoms with Crippen molar-refractivity contribution >= 4 is 6.01 Å². The van der Waals surface area contributed by atoms with Crippen LogP contribution in [0.5, 0.6) is 0 Å². The Labute approximate surface area is 102 Å². The van der Waals surface area contributed by atoms with Gasteiger partial charge in [0.1, 0.15) is 0 Å². The molecule has 1 aromatic heterocycles. The third kappa shape index (κ3) is 3.19. The van der Waals surface area contributed by atoms with Gasteiger partial charge >= 0.3 is 6.01 Å². The lowest BCUT2D eigenvalue weighted by molar-refractivity contribution is 0.354. The van der Waals surface area contributed by atoms with Crippen molar-refractivity contribution in [2.75, 3.05) is 12.4 Å². The van der Waals surface area contributed by atoms with Crippen LogP contribution in [0.15, 0.2) is 4.42 Å². The molecular formula is C12H22N4O. The van der Waals surface area contributed by atoms with Crippen molar-refractivity contribution in [1.29, 1.82) is 0 Å². The zero-order valence-corrected chi connectivity index (χ0v) is 10.9. The Morgan fingerprint density at radius 3 is 2.59 bits per heavy atom. The summed E-state index contributed by atoms with van der Waals surface area (Å²) in [6.45, 7) is 4.31. The van der Waals surface area contributed by atoms with E-state index in [-0.39, 0.29) is 6.04 Å². The summed E-state index contributed by atoms with van der Waals surface area (Å²) in [6, 6.07) is 1.15. The first-order valence-corrected chi connectivity index (χ1v) is 6.46. The fourth-order valence-corrected chi connectivity index (χ4v) is 2.17. The van der Waals surface area contributed by atoms with Crippen LogP contribution in [0.25, 0.3) is 0 Å². The monoisotopic (exact) mass is 238 g/mol. The third-order valence-corrected chi connectivity index (χ3v) is 3.59. The van der Waals surface area contributed by atoms with Gasteiger partial charge in [0.05, 0.1) is 6.04 Å². The molecule has 0 saturated heterocycles. The van der Waals surface area contributed by atoms with Crippen LogP contribution in [0.2, 0.25) is 0 Å². The molecule has 5 nitrogen and oxygen atoms in total. The topological polar surface area (TPSA) is 63.0 Å². The van der Waals surface area contributed by atoms with Crippen LogP contribution in [0, 0.1) is 5.92 Å². The number of hydrogen-bond acceptors (Lipinski definition) is 5. The molecule has 1 saturated carbocycles. The number of nitrogens with one attached hydrogen (secondary N) is 2. The molecule has 5 heteroatoms. The van der Waals surface area contributed by atoms with Gasteiger partial charge in [-0.05, 0) is 45.6 Å². The Kier molecular flexibility index (Phi) is 3.99. The summed E-state index contributed by atoms with van der Waals surface area (Å²) in [5.41, 5.74) is 0. The molecule has 1 heterocycles. The number of rotatable bonds is 4. The van der Waals surface area contributed by atoms with Crippen LogP contribution >= 0.6 is 0 Å². The fourth-order valence-electron chi connectivity index (χ4n) is 2.17. The molecule has 2 N–H and O–H groups in total. The lowest BCUT2D eigenvalue weighted by Crippen LogP contribution is -2.25. The highest BCUT2D eigenvalue weighted by molar-refractivity contribution is 5.20. The van der Waals surface area contributed by atoms with Gasteiger partial charge in [-0.3, -0.25) is 0 Å². The van der Waals surface area contributed by atoms with Crippen molar-refractivity contribution in [2.24, 2.45) is 5.92 Å². The van der Waals surface area contributed by atoms with Gasteiger partial charge in [-0.1, -0.05) is 12.0 Å². The standard InChI is InChI=1S/C12H22N4O/c1-8-4-6-10(7-5-8)14-12-16-15-11(17-12)9(2)13-3/h8-10,13H,4-7H2,1-3H3,(H,14,16). The van der Waals surface area contributed by atoms with Gasteiger partial charge < -0.3 is 15.1 Å². The smallest absolute Gasteiger partial charge is 0.315 e. The van der Waals surface area contributed by atoms with E-state index in [2.05, 4.69) is 27.8 Å². The van der Waals surface area contributed by atoms with E-state index in [0.29, 0.717) is 17.9 Å². The van der Waals surface area contributed by atoms with Crippen LogP contribution in [0.3, 0.4) is 0 Å². The number of anilines is 1. The van der Waals surface area contributed by atoms with Gasteiger partial charge in [-0.15, -0.1) is 5.10 Å². The van der Waals surface area contributed by atoms with E-state index in [1.165, 1.54) is 25.7 Å². The van der Waals surface area contributed by atoms with Crippen molar-refractivity contribution < 1.29 is 4.42 Å². The maximum atomic E-state index is 5.57. The molecule has 2 rings (SSSR count). The summed E-state index contributed by atoms with van der Waals surface area (Å²) < 4.78 is 5.57. The Hall–Kier alpha value is -1.10. The minimum absolute atomic E-state index is 0.101. The number of nitrogens with zero attached hydrogens (tertiary/aromatic N) is 2. The molecule has 1 unspecified atom stereocenters. The summed E-state index contributed by atoms with van der Waals surface area (Å²) in [4.78, 5) is 0. The second-order valence-electron chi connectivity index (χ2n) is 5.06. The van der Waals surface area contributed by atoms with Crippen LogP contribution < -0.4 is 10.6 Å². The van der Waals surface area contributed by atoms with Gasteiger partial charge in [-0.2, -0.15) is 0 Å². The highest BCUT2D eigenvalue weighted by Gasteiger charge is 2.20. The fraction of sp³-hybridized carbons (Fsp3) is 0.833. The zero-order valence-electron chi connectivity index (χ0n) is 10.9. The first-order valence-electron chi connectivity index (χ1n) is 6.46. The first kappa shape index (κ1) is 12.4. The lowest BCUT2D eigenvalue weighted by Gasteiger charge is -2.25. The van der Waals surface area contributed by atoms with Crippen molar-refractivity contribution in [2.45, 2.75) is 51.6 Å². The highest BCUT2D eigenvalue weighted by atomic mass is 16.4. The number of aromatic nitrogens is 2. The molecule has 1 aliphatic carbocycles. The first-order chi connectivity index (χ1) is 8.19. The van der Waals surface area contributed by atoms with Crippen LogP contribution in [-0.2, 0) is 0 Å². The minimum atomic E-state index is 0.101. The second-order valence-corrected chi connectivity index (χ2v) is 5.06. The van der Waals surface area contributed by atoms with E-state index in [9.17, 15) is 0 Å². The quantitative estimate of drug-likeness (QED) is 0.843. The lowest BCUT2D eigenvalue weighted by atomic mass is 9.87. The van der Waals surface area contributed by atoms with Gasteiger partial charge in [0.15, 0.2) is 0 Å².